The zero-order valence-electron chi connectivity index (χ0n) is 9.34. The maximum Gasteiger partial charge on any atom is 0.0258 e. The molecule has 1 saturated heterocycles. The second-order valence-electron chi connectivity index (χ2n) is 4.19. The molecular weight excluding hydrogens is 160 g/mol. The van der Waals surface area contributed by atoms with Crippen molar-refractivity contribution in [2.24, 2.45) is 5.92 Å². The maximum atomic E-state index is 3.47. The summed E-state index contributed by atoms with van der Waals surface area (Å²) in [6.07, 6.45) is 2.65. The Bertz CT molecular complexity index is 136. The fraction of sp³-hybridized carbons (Fsp3) is 1.00. The third-order valence-electron chi connectivity index (χ3n) is 3.15. The van der Waals surface area contributed by atoms with Gasteiger partial charge in [-0.15, -0.1) is 0 Å². The van der Waals surface area contributed by atoms with Gasteiger partial charge in [0, 0.05) is 12.6 Å². The number of unbranched alkanes of at least 4 members (excludes halogenated alkanes) is 1. The van der Waals surface area contributed by atoms with E-state index in [0.717, 1.165) is 12.0 Å². The SMILES string of the molecule is CCCCN(CC)C1CNCC1C. The summed E-state index contributed by atoms with van der Waals surface area (Å²) in [4.78, 5) is 2.63. The summed E-state index contributed by atoms with van der Waals surface area (Å²) in [5.41, 5.74) is 0. The summed E-state index contributed by atoms with van der Waals surface area (Å²) in [6, 6.07) is 0.788. The summed E-state index contributed by atoms with van der Waals surface area (Å²) in [6.45, 7) is 11.8. The lowest BCUT2D eigenvalue weighted by Crippen LogP contribution is -2.40. The molecule has 0 bridgehead atoms. The Balaban J connectivity index is 2.35. The summed E-state index contributed by atoms with van der Waals surface area (Å²) in [7, 11) is 0. The molecule has 0 aromatic heterocycles. The van der Waals surface area contributed by atoms with Gasteiger partial charge in [0.2, 0.25) is 0 Å². The van der Waals surface area contributed by atoms with Gasteiger partial charge in [-0.25, -0.2) is 0 Å². The lowest BCUT2D eigenvalue weighted by atomic mass is 10.0. The van der Waals surface area contributed by atoms with E-state index in [0.29, 0.717) is 0 Å². The molecule has 0 aromatic carbocycles. The Morgan fingerprint density at radius 3 is 2.54 bits per heavy atom. The molecule has 2 nitrogen and oxygen atoms in total. The monoisotopic (exact) mass is 184 g/mol. The molecule has 1 heterocycles. The van der Waals surface area contributed by atoms with Gasteiger partial charge in [0.05, 0.1) is 0 Å². The molecule has 0 radical (unpaired) electrons. The quantitative estimate of drug-likeness (QED) is 0.700. The van der Waals surface area contributed by atoms with Crippen molar-refractivity contribution < 1.29 is 0 Å². The molecule has 1 aliphatic rings. The van der Waals surface area contributed by atoms with E-state index in [1.807, 2.05) is 0 Å². The van der Waals surface area contributed by atoms with Gasteiger partial charge in [-0.3, -0.25) is 4.90 Å². The van der Waals surface area contributed by atoms with Crippen molar-refractivity contribution in [2.45, 2.75) is 39.7 Å². The molecule has 2 heteroatoms. The second-order valence-corrected chi connectivity index (χ2v) is 4.19. The van der Waals surface area contributed by atoms with E-state index in [1.165, 1.54) is 39.0 Å². The summed E-state index contributed by atoms with van der Waals surface area (Å²) in [5.74, 6) is 0.830. The smallest absolute Gasteiger partial charge is 0.0258 e. The topological polar surface area (TPSA) is 15.3 Å². The molecule has 0 spiro atoms. The van der Waals surface area contributed by atoms with Crippen molar-refractivity contribution in [1.29, 1.82) is 0 Å². The van der Waals surface area contributed by atoms with Crippen LogP contribution in [0, 0.1) is 5.92 Å². The first-order valence-electron chi connectivity index (χ1n) is 5.74. The first-order chi connectivity index (χ1) is 6.29. The average molecular weight is 184 g/mol. The van der Waals surface area contributed by atoms with Crippen LogP contribution in [0.3, 0.4) is 0 Å². The van der Waals surface area contributed by atoms with Crippen molar-refractivity contribution in [3.8, 4) is 0 Å². The summed E-state index contributed by atoms with van der Waals surface area (Å²) >= 11 is 0. The van der Waals surface area contributed by atoms with Gasteiger partial charge >= 0.3 is 0 Å². The first kappa shape index (κ1) is 11.0. The van der Waals surface area contributed by atoms with Gasteiger partial charge in [-0.2, -0.15) is 0 Å². The lowest BCUT2D eigenvalue weighted by molar-refractivity contribution is 0.184. The number of nitrogens with zero attached hydrogens (tertiary/aromatic N) is 1. The van der Waals surface area contributed by atoms with Crippen LogP contribution in [0.25, 0.3) is 0 Å². The zero-order chi connectivity index (χ0) is 9.68. The van der Waals surface area contributed by atoms with Crippen molar-refractivity contribution in [3.05, 3.63) is 0 Å². The van der Waals surface area contributed by atoms with Gasteiger partial charge in [0.25, 0.3) is 0 Å². The van der Waals surface area contributed by atoms with Crippen LogP contribution >= 0.6 is 0 Å². The molecule has 0 aliphatic carbocycles. The predicted octanol–water partition coefficient (Wildman–Crippen LogP) is 1.72. The lowest BCUT2D eigenvalue weighted by Gasteiger charge is -2.29. The third-order valence-corrected chi connectivity index (χ3v) is 3.15. The maximum absolute atomic E-state index is 3.47. The van der Waals surface area contributed by atoms with E-state index in [1.54, 1.807) is 0 Å². The minimum absolute atomic E-state index is 0.788. The minimum atomic E-state index is 0.788. The molecule has 2 atom stereocenters. The second kappa shape index (κ2) is 5.61. The molecule has 1 fully saturated rings. The molecule has 78 valence electrons. The fourth-order valence-corrected chi connectivity index (χ4v) is 2.20. The Labute approximate surface area is 82.7 Å². The van der Waals surface area contributed by atoms with Gasteiger partial charge in [-0.1, -0.05) is 27.2 Å². The van der Waals surface area contributed by atoms with Crippen LogP contribution in [0.15, 0.2) is 0 Å². The van der Waals surface area contributed by atoms with E-state index < -0.39 is 0 Å². The van der Waals surface area contributed by atoms with Gasteiger partial charge in [0.15, 0.2) is 0 Å². The zero-order valence-corrected chi connectivity index (χ0v) is 9.34. The third kappa shape index (κ3) is 2.96. The molecule has 0 aromatic rings. The van der Waals surface area contributed by atoms with Crippen LogP contribution in [0.4, 0.5) is 0 Å². The molecule has 0 saturated carbocycles. The van der Waals surface area contributed by atoms with Crippen LogP contribution in [0.5, 0.6) is 0 Å². The van der Waals surface area contributed by atoms with E-state index in [2.05, 4.69) is 31.0 Å². The van der Waals surface area contributed by atoms with E-state index in [4.69, 9.17) is 0 Å². The molecule has 1 aliphatic heterocycles. The van der Waals surface area contributed by atoms with Crippen LogP contribution in [0.2, 0.25) is 0 Å². The summed E-state index contributed by atoms with van der Waals surface area (Å²) in [5, 5.41) is 3.47. The molecule has 1 N–H and O–H groups in total. The predicted molar refractivity (Wildman–Crippen MR) is 58.0 cm³/mol. The average Bonchev–Trinajstić information content (AvgIpc) is 2.54. The van der Waals surface area contributed by atoms with E-state index >= 15 is 0 Å². The van der Waals surface area contributed by atoms with Gasteiger partial charge in [-0.05, 0) is 32.0 Å². The van der Waals surface area contributed by atoms with Crippen LogP contribution in [-0.4, -0.2) is 37.1 Å². The number of nitrogens with one attached hydrogen (secondary N) is 1. The fourth-order valence-electron chi connectivity index (χ4n) is 2.20. The van der Waals surface area contributed by atoms with Crippen LogP contribution in [0.1, 0.15) is 33.6 Å². The molecular formula is C11H24N2. The number of hydrogen-bond donors (Lipinski definition) is 1. The first-order valence-corrected chi connectivity index (χ1v) is 5.74. The van der Waals surface area contributed by atoms with Crippen molar-refractivity contribution in [3.63, 3.8) is 0 Å². The Morgan fingerprint density at radius 2 is 2.08 bits per heavy atom. The van der Waals surface area contributed by atoms with Gasteiger partial charge < -0.3 is 5.32 Å². The standard InChI is InChI=1S/C11H24N2/c1-4-6-7-13(5-2)11-9-12-8-10(11)3/h10-12H,4-9H2,1-3H3. The van der Waals surface area contributed by atoms with Gasteiger partial charge in [0.1, 0.15) is 0 Å². The summed E-state index contributed by atoms with van der Waals surface area (Å²) < 4.78 is 0. The Kier molecular flexibility index (Phi) is 4.74. The number of rotatable bonds is 5. The van der Waals surface area contributed by atoms with E-state index in [9.17, 15) is 0 Å². The number of likely N-dealkylation sites (N-methyl/N-ethyl adjacent to an activating group) is 1. The highest BCUT2D eigenvalue weighted by atomic mass is 15.2. The van der Waals surface area contributed by atoms with Crippen LogP contribution in [-0.2, 0) is 0 Å². The normalized spacial score (nSPS) is 28.6. The molecule has 0 amide bonds. The molecule has 1 rings (SSSR count). The molecule has 2 unspecified atom stereocenters. The minimum Gasteiger partial charge on any atom is -0.315 e. The van der Waals surface area contributed by atoms with Crippen molar-refractivity contribution >= 4 is 0 Å². The van der Waals surface area contributed by atoms with Crippen LogP contribution < -0.4 is 5.32 Å². The molecule has 13 heavy (non-hydrogen) atoms. The van der Waals surface area contributed by atoms with Crippen molar-refractivity contribution in [2.75, 3.05) is 26.2 Å². The highest BCUT2D eigenvalue weighted by Gasteiger charge is 2.27. The highest BCUT2D eigenvalue weighted by molar-refractivity contribution is 4.85. The van der Waals surface area contributed by atoms with E-state index in [-0.39, 0.29) is 0 Å². The van der Waals surface area contributed by atoms with Crippen molar-refractivity contribution in [1.82, 2.24) is 10.2 Å². The number of hydrogen-bond acceptors (Lipinski definition) is 2. The largest absolute Gasteiger partial charge is 0.315 e. The highest BCUT2D eigenvalue weighted by Crippen LogP contribution is 2.15. The Morgan fingerprint density at radius 1 is 1.31 bits per heavy atom. The Hall–Kier alpha value is -0.0800.